The number of hydrogen-bond donors (Lipinski definition) is 2. The SMILES string of the molecule is COC(CN)C(=O)Nc1ccc2c(c1)OC(C)(C)O2. The van der Waals surface area contributed by atoms with Crippen LogP contribution in [0.2, 0.25) is 0 Å². The predicted octanol–water partition coefficient (Wildman–Crippen LogP) is 1.11. The molecule has 104 valence electrons. The maximum absolute atomic E-state index is 11.8. The number of hydrogen-bond acceptors (Lipinski definition) is 5. The molecule has 1 aromatic carbocycles. The van der Waals surface area contributed by atoms with E-state index in [2.05, 4.69) is 5.32 Å². The first-order valence-corrected chi connectivity index (χ1v) is 6.01. The lowest BCUT2D eigenvalue weighted by atomic mass is 10.2. The third-order valence-electron chi connectivity index (χ3n) is 2.71. The molecule has 0 spiro atoms. The van der Waals surface area contributed by atoms with Gasteiger partial charge in [-0.3, -0.25) is 4.79 Å². The largest absolute Gasteiger partial charge is 0.449 e. The first-order valence-electron chi connectivity index (χ1n) is 6.01. The topological polar surface area (TPSA) is 82.8 Å². The van der Waals surface area contributed by atoms with Crippen LogP contribution >= 0.6 is 0 Å². The van der Waals surface area contributed by atoms with Crippen molar-refractivity contribution in [1.29, 1.82) is 0 Å². The minimum absolute atomic E-state index is 0.125. The molecule has 0 radical (unpaired) electrons. The van der Waals surface area contributed by atoms with Crippen molar-refractivity contribution in [2.45, 2.75) is 25.7 Å². The minimum Gasteiger partial charge on any atom is -0.449 e. The number of fused-ring (bicyclic) bond motifs is 1. The summed E-state index contributed by atoms with van der Waals surface area (Å²) < 4.78 is 16.1. The highest BCUT2D eigenvalue weighted by Gasteiger charge is 2.31. The van der Waals surface area contributed by atoms with Gasteiger partial charge < -0.3 is 25.3 Å². The van der Waals surface area contributed by atoms with E-state index in [9.17, 15) is 4.79 Å². The number of ether oxygens (including phenoxy) is 3. The van der Waals surface area contributed by atoms with E-state index in [1.165, 1.54) is 7.11 Å². The zero-order valence-corrected chi connectivity index (χ0v) is 11.2. The average Bonchev–Trinajstić information content (AvgIpc) is 2.63. The van der Waals surface area contributed by atoms with Gasteiger partial charge in [-0.1, -0.05) is 0 Å². The Balaban J connectivity index is 2.10. The van der Waals surface area contributed by atoms with Crippen molar-refractivity contribution in [3.63, 3.8) is 0 Å². The summed E-state index contributed by atoms with van der Waals surface area (Å²) in [5.41, 5.74) is 6.04. The molecule has 1 aliphatic heterocycles. The first kappa shape index (κ1) is 13.6. The van der Waals surface area contributed by atoms with Gasteiger partial charge in [-0.25, -0.2) is 0 Å². The molecule has 3 N–H and O–H groups in total. The molecular formula is C13H18N2O4. The molecule has 0 aromatic heterocycles. The Morgan fingerprint density at radius 3 is 2.74 bits per heavy atom. The second kappa shape index (κ2) is 5.07. The number of methoxy groups -OCH3 is 1. The lowest BCUT2D eigenvalue weighted by molar-refractivity contribution is -0.125. The van der Waals surface area contributed by atoms with E-state index >= 15 is 0 Å². The van der Waals surface area contributed by atoms with Crippen LogP contribution in [0.5, 0.6) is 11.5 Å². The Kier molecular flexibility index (Phi) is 3.64. The Hall–Kier alpha value is -1.79. The zero-order valence-electron chi connectivity index (χ0n) is 11.2. The van der Waals surface area contributed by atoms with Gasteiger partial charge in [-0.2, -0.15) is 0 Å². The summed E-state index contributed by atoms with van der Waals surface area (Å²) in [5, 5.41) is 2.72. The standard InChI is InChI=1S/C13H18N2O4/c1-13(2)18-9-5-4-8(6-10(9)19-13)15-12(16)11(7-14)17-3/h4-6,11H,7,14H2,1-3H3,(H,15,16). The third kappa shape index (κ3) is 2.97. The molecule has 0 aliphatic carbocycles. The highest BCUT2D eigenvalue weighted by Crippen LogP contribution is 2.40. The summed E-state index contributed by atoms with van der Waals surface area (Å²) >= 11 is 0. The summed E-state index contributed by atoms with van der Waals surface area (Å²) in [6, 6.07) is 5.21. The van der Waals surface area contributed by atoms with Crippen molar-refractivity contribution >= 4 is 11.6 Å². The average molecular weight is 266 g/mol. The molecule has 0 saturated heterocycles. The van der Waals surface area contributed by atoms with Gasteiger partial charge in [0.05, 0.1) is 0 Å². The summed E-state index contributed by atoms with van der Waals surface area (Å²) in [4.78, 5) is 11.8. The number of nitrogens with one attached hydrogen (secondary N) is 1. The number of carbonyl (C=O) groups is 1. The predicted molar refractivity (Wildman–Crippen MR) is 70.3 cm³/mol. The quantitative estimate of drug-likeness (QED) is 0.853. The van der Waals surface area contributed by atoms with Crippen LogP contribution < -0.4 is 20.5 Å². The molecule has 6 nitrogen and oxygen atoms in total. The number of benzene rings is 1. The monoisotopic (exact) mass is 266 g/mol. The van der Waals surface area contributed by atoms with E-state index in [0.29, 0.717) is 17.2 Å². The molecule has 19 heavy (non-hydrogen) atoms. The maximum Gasteiger partial charge on any atom is 0.254 e. The Labute approximate surface area is 111 Å². The van der Waals surface area contributed by atoms with Crippen LogP contribution in [-0.4, -0.2) is 31.5 Å². The van der Waals surface area contributed by atoms with Crippen LogP contribution in [0, 0.1) is 0 Å². The Bertz CT molecular complexity index is 484. The number of amides is 1. The van der Waals surface area contributed by atoms with Crippen molar-refractivity contribution in [1.82, 2.24) is 0 Å². The molecule has 1 amide bonds. The van der Waals surface area contributed by atoms with E-state index < -0.39 is 11.9 Å². The van der Waals surface area contributed by atoms with Crippen molar-refractivity contribution in [3.05, 3.63) is 18.2 Å². The molecule has 6 heteroatoms. The molecule has 1 unspecified atom stereocenters. The van der Waals surface area contributed by atoms with E-state index in [4.69, 9.17) is 19.9 Å². The van der Waals surface area contributed by atoms with E-state index in [0.717, 1.165) is 0 Å². The Morgan fingerprint density at radius 1 is 1.42 bits per heavy atom. The van der Waals surface area contributed by atoms with Crippen LogP contribution in [-0.2, 0) is 9.53 Å². The summed E-state index contributed by atoms with van der Waals surface area (Å²) in [6.45, 7) is 3.77. The van der Waals surface area contributed by atoms with Gasteiger partial charge in [0.15, 0.2) is 11.5 Å². The number of nitrogens with two attached hydrogens (primary N) is 1. The number of rotatable bonds is 4. The summed E-state index contributed by atoms with van der Waals surface area (Å²) in [5.74, 6) is 0.287. The molecule has 1 heterocycles. The van der Waals surface area contributed by atoms with Crippen LogP contribution in [0.4, 0.5) is 5.69 Å². The van der Waals surface area contributed by atoms with E-state index in [1.54, 1.807) is 18.2 Å². The molecule has 0 bridgehead atoms. The fraction of sp³-hybridized carbons (Fsp3) is 0.462. The van der Waals surface area contributed by atoms with Gasteiger partial charge in [0.2, 0.25) is 5.79 Å². The second-order valence-electron chi connectivity index (χ2n) is 4.71. The van der Waals surface area contributed by atoms with Crippen molar-refractivity contribution in [3.8, 4) is 11.5 Å². The third-order valence-corrected chi connectivity index (χ3v) is 2.71. The molecule has 0 saturated carbocycles. The fourth-order valence-corrected chi connectivity index (χ4v) is 1.83. The van der Waals surface area contributed by atoms with Crippen molar-refractivity contribution in [2.75, 3.05) is 19.0 Å². The van der Waals surface area contributed by atoms with Gasteiger partial charge in [-0.15, -0.1) is 0 Å². The number of carbonyl (C=O) groups excluding carboxylic acids is 1. The van der Waals surface area contributed by atoms with Crippen LogP contribution in [0.25, 0.3) is 0 Å². The lowest BCUT2D eigenvalue weighted by Gasteiger charge is -2.16. The van der Waals surface area contributed by atoms with Crippen LogP contribution in [0.15, 0.2) is 18.2 Å². The Morgan fingerprint density at radius 2 is 2.11 bits per heavy atom. The molecule has 2 rings (SSSR count). The molecule has 0 fully saturated rings. The molecule has 1 atom stereocenters. The normalized spacial score (nSPS) is 17.1. The van der Waals surface area contributed by atoms with Gasteiger partial charge in [-0.05, 0) is 12.1 Å². The van der Waals surface area contributed by atoms with Gasteiger partial charge >= 0.3 is 0 Å². The fourth-order valence-electron chi connectivity index (χ4n) is 1.83. The first-order chi connectivity index (χ1) is 8.95. The summed E-state index contributed by atoms with van der Waals surface area (Å²) in [7, 11) is 1.44. The van der Waals surface area contributed by atoms with Gasteiger partial charge in [0.25, 0.3) is 5.91 Å². The highest BCUT2D eigenvalue weighted by atomic mass is 16.7. The van der Waals surface area contributed by atoms with Crippen molar-refractivity contribution < 1.29 is 19.0 Å². The summed E-state index contributed by atoms with van der Waals surface area (Å²) in [6.07, 6.45) is -0.665. The zero-order chi connectivity index (χ0) is 14.0. The smallest absolute Gasteiger partial charge is 0.254 e. The van der Waals surface area contributed by atoms with E-state index in [-0.39, 0.29) is 12.5 Å². The second-order valence-corrected chi connectivity index (χ2v) is 4.71. The maximum atomic E-state index is 11.8. The molecule has 1 aliphatic rings. The van der Waals surface area contributed by atoms with E-state index in [1.807, 2.05) is 13.8 Å². The number of anilines is 1. The van der Waals surface area contributed by atoms with Crippen molar-refractivity contribution in [2.24, 2.45) is 5.73 Å². The van der Waals surface area contributed by atoms with Crippen LogP contribution in [0.1, 0.15) is 13.8 Å². The highest BCUT2D eigenvalue weighted by molar-refractivity contribution is 5.94. The lowest BCUT2D eigenvalue weighted by Crippen LogP contribution is -2.35. The molecule has 1 aromatic rings. The van der Waals surface area contributed by atoms with Gasteiger partial charge in [0.1, 0.15) is 6.10 Å². The van der Waals surface area contributed by atoms with Crippen LogP contribution in [0.3, 0.4) is 0 Å². The minimum atomic E-state index is -0.683. The van der Waals surface area contributed by atoms with Gasteiger partial charge in [0, 0.05) is 39.3 Å². The molecular weight excluding hydrogens is 248 g/mol.